The highest BCUT2D eigenvalue weighted by atomic mass is 32.1. The predicted octanol–water partition coefficient (Wildman–Crippen LogP) is 2.68. The molecule has 1 heterocycles. The van der Waals surface area contributed by atoms with Crippen LogP contribution in [0.5, 0.6) is 0 Å². The number of nitrogens with zero attached hydrogens (tertiary/aromatic N) is 2. The van der Waals surface area contributed by atoms with Gasteiger partial charge in [0.15, 0.2) is 5.11 Å². The smallest absolute Gasteiger partial charge is 0.191 e. The van der Waals surface area contributed by atoms with E-state index in [4.69, 9.17) is 12.2 Å². The van der Waals surface area contributed by atoms with Crippen LogP contribution in [0.1, 0.15) is 5.56 Å². The van der Waals surface area contributed by atoms with Crippen molar-refractivity contribution < 1.29 is 8.78 Å². The van der Waals surface area contributed by atoms with E-state index in [-0.39, 0.29) is 10.8 Å². The molecule has 0 radical (unpaired) electrons. The number of anilines is 1. The summed E-state index contributed by atoms with van der Waals surface area (Å²) >= 11 is 4.94. The van der Waals surface area contributed by atoms with Crippen molar-refractivity contribution in [3.63, 3.8) is 0 Å². The number of aromatic nitrogens is 1. The molecule has 0 saturated carbocycles. The first kappa shape index (κ1) is 14.0. The summed E-state index contributed by atoms with van der Waals surface area (Å²) in [7, 11) is 0. The molecular weight excluding hydrogens is 282 g/mol. The summed E-state index contributed by atoms with van der Waals surface area (Å²) in [6.45, 7) is 0. The standard InChI is InChI=1S/C13H10F2N4S/c14-10-1-2-12(11(15)7-10)18-13(20)19-17-8-9-3-5-16-6-4-9/h1-8H,(H2,18,19,20). The minimum absolute atomic E-state index is 0.0722. The first-order valence-corrected chi connectivity index (χ1v) is 6.01. The largest absolute Gasteiger partial charge is 0.329 e. The Morgan fingerprint density at radius 1 is 1.20 bits per heavy atom. The Balaban J connectivity index is 1.91. The Kier molecular flexibility index (Phi) is 4.67. The van der Waals surface area contributed by atoms with E-state index in [1.165, 1.54) is 12.3 Å². The molecule has 0 aliphatic rings. The number of rotatable bonds is 3. The summed E-state index contributed by atoms with van der Waals surface area (Å²) in [5.74, 6) is -1.38. The van der Waals surface area contributed by atoms with Crippen LogP contribution in [0.3, 0.4) is 0 Å². The summed E-state index contributed by atoms with van der Waals surface area (Å²) in [6, 6.07) is 6.69. The van der Waals surface area contributed by atoms with Gasteiger partial charge in [-0.1, -0.05) is 0 Å². The molecule has 0 aliphatic heterocycles. The molecule has 1 aromatic carbocycles. The van der Waals surface area contributed by atoms with Crippen molar-refractivity contribution in [1.82, 2.24) is 10.4 Å². The lowest BCUT2D eigenvalue weighted by atomic mass is 10.3. The Bertz CT molecular complexity index is 632. The fourth-order valence-corrected chi connectivity index (χ4v) is 1.52. The zero-order chi connectivity index (χ0) is 14.4. The second-order valence-electron chi connectivity index (χ2n) is 3.73. The zero-order valence-electron chi connectivity index (χ0n) is 10.2. The number of hydrazone groups is 1. The first-order chi connectivity index (χ1) is 9.65. The lowest BCUT2D eigenvalue weighted by Gasteiger charge is -2.07. The minimum Gasteiger partial charge on any atom is -0.329 e. The van der Waals surface area contributed by atoms with Crippen LogP contribution in [-0.4, -0.2) is 16.3 Å². The van der Waals surface area contributed by atoms with Crippen molar-refractivity contribution >= 4 is 29.2 Å². The van der Waals surface area contributed by atoms with Crippen molar-refractivity contribution in [3.05, 3.63) is 59.9 Å². The number of pyridine rings is 1. The quantitative estimate of drug-likeness (QED) is 0.519. The highest BCUT2D eigenvalue weighted by molar-refractivity contribution is 7.80. The van der Waals surface area contributed by atoms with E-state index in [0.717, 1.165) is 17.7 Å². The number of benzene rings is 1. The molecule has 0 unspecified atom stereocenters. The molecular formula is C13H10F2N4S. The van der Waals surface area contributed by atoms with Crippen molar-refractivity contribution in [3.8, 4) is 0 Å². The Labute approximate surface area is 119 Å². The molecule has 1 aromatic heterocycles. The van der Waals surface area contributed by atoms with Crippen molar-refractivity contribution in [2.45, 2.75) is 0 Å². The van der Waals surface area contributed by atoms with E-state index in [9.17, 15) is 8.78 Å². The van der Waals surface area contributed by atoms with Crippen molar-refractivity contribution in [2.24, 2.45) is 5.10 Å². The van der Waals surface area contributed by atoms with E-state index >= 15 is 0 Å². The topological polar surface area (TPSA) is 49.3 Å². The summed E-state index contributed by atoms with van der Waals surface area (Å²) in [5, 5.41) is 6.56. The average molecular weight is 292 g/mol. The van der Waals surface area contributed by atoms with E-state index in [1.54, 1.807) is 24.5 Å². The van der Waals surface area contributed by atoms with Crippen LogP contribution >= 0.6 is 12.2 Å². The SMILES string of the molecule is Fc1ccc(NC(=S)NN=Cc2ccncc2)c(F)c1. The molecule has 0 amide bonds. The van der Waals surface area contributed by atoms with Crippen LogP contribution in [0, 0.1) is 11.6 Å². The van der Waals surface area contributed by atoms with Gasteiger partial charge in [-0.15, -0.1) is 0 Å². The normalized spacial score (nSPS) is 10.5. The van der Waals surface area contributed by atoms with Crippen molar-refractivity contribution in [2.75, 3.05) is 5.32 Å². The molecule has 2 rings (SSSR count). The summed E-state index contributed by atoms with van der Waals surface area (Å²) in [4.78, 5) is 3.87. The van der Waals surface area contributed by atoms with Gasteiger partial charge in [-0.2, -0.15) is 5.10 Å². The molecule has 0 aliphatic carbocycles. The van der Waals surface area contributed by atoms with Gasteiger partial charge in [-0.25, -0.2) is 8.78 Å². The predicted molar refractivity (Wildman–Crippen MR) is 77.5 cm³/mol. The van der Waals surface area contributed by atoms with E-state index in [1.807, 2.05) is 0 Å². The molecule has 102 valence electrons. The Morgan fingerprint density at radius 2 is 1.95 bits per heavy atom. The Hall–Kier alpha value is -2.41. The van der Waals surface area contributed by atoms with Crippen molar-refractivity contribution in [1.29, 1.82) is 0 Å². The maximum atomic E-state index is 13.4. The molecule has 0 bridgehead atoms. The average Bonchev–Trinajstić information content (AvgIpc) is 2.43. The number of thiocarbonyl (C=S) groups is 1. The van der Waals surface area contributed by atoms with Gasteiger partial charge in [0.05, 0.1) is 11.9 Å². The number of halogens is 2. The fraction of sp³-hybridized carbons (Fsp3) is 0. The third-order valence-electron chi connectivity index (χ3n) is 2.27. The molecule has 20 heavy (non-hydrogen) atoms. The fourth-order valence-electron chi connectivity index (χ4n) is 1.36. The number of hydrogen-bond acceptors (Lipinski definition) is 3. The van der Waals surface area contributed by atoms with Gasteiger partial charge in [0.2, 0.25) is 0 Å². The number of hydrogen-bond donors (Lipinski definition) is 2. The lowest BCUT2D eigenvalue weighted by molar-refractivity contribution is 0.586. The molecule has 2 N–H and O–H groups in total. The zero-order valence-corrected chi connectivity index (χ0v) is 11.0. The third kappa shape index (κ3) is 4.06. The monoisotopic (exact) mass is 292 g/mol. The van der Waals surface area contributed by atoms with Gasteiger partial charge >= 0.3 is 0 Å². The molecule has 4 nitrogen and oxygen atoms in total. The van der Waals surface area contributed by atoms with Crippen LogP contribution in [0.15, 0.2) is 47.8 Å². The maximum absolute atomic E-state index is 13.4. The number of nitrogens with one attached hydrogen (secondary N) is 2. The molecule has 0 atom stereocenters. The van der Waals surface area contributed by atoms with Crippen LogP contribution < -0.4 is 10.7 Å². The van der Waals surface area contributed by atoms with Gasteiger partial charge in [0.25, 0.3) is 0 Å². The molecule has 0 spiro atoms. The maximum Gasteiger partial charge on any atom is 0.191 e. The van der Waals surface area contributed by atoms with Crippen LogP contribution in [0.4, 0.5) is 14.5 Å². The van der Waals surface area contributed by atoms with Gasteiger partial charge in [-0.3, -0.25) is 10.4 Å². The highest BCUT2D eigenvalue weighted by Crippen LogP contribution is 2.14. The molecule has 0 saturated heterocycles. The first-order valence-electron chi connectivity index (χ1n) is 5.60. The lowest BCUT2D eigenvalue weighted by Crippen LogP contribution is -2.24. The Morgan fingerprint density at radius 3 is 2.65 bits per heavy atom. The van der Waals surface area contributed by atoms with Gasteiger partial charge in [-0.05, 0) is 42.0 Å². The summed E-state index contributed by atoms with van der Waals surface area (Å²) in [6.07, 6.45) is 4.80. The molecule has 7 heteroatoms. The minimum atomic E-state index is -0.729. The molecule has 0 fully saturated rings. The van der Waals surface area contributed by atoms with Gasteiger partial charge in [0, 0.05) is 18.5 Å². The van der Waals surface area contributed by atoms with Crippen LogP contribution in [0.25, 0.3) is 0 Å². The second kappa shape index (κ2) is 6.67. The van der Waals surface area contributed by atoms with Gasteiger partial charge in [0.1, 0.15) is 11.6 Å². The van der Waals surface area contributed by atoms with Crippen LogP contribution in [0.2, 0.25) is 0 Å². The highest BCUT2D eigenvalue weighted by Gasteiger charge is 2.04. The van der Waals surface area contributed by atoms with Gasteiger partial charge < -0.3 is 5.32 Å². The van der Waals surface area contributed by atoms with E-state index in [2.05, 4.69) is 20.8 Å². The molecule has 2 aromatic rings. The summed E-state index contributed by atoms with van der Waals surface area (Å²) in [5.41, 5.74) is 3.44. The van der Waals surface area contributed by atoms with Crippen LogP contribution in [-0.2, 0) is 0 Å². The van der Waals surface area contributed by atoms with E-state index in [0.29, 0.717) is 0 Å². The van der Waals surface area contributed by atoms with E-state index < -0.39 is 11.6 Å². The third-order valence-corrected chi connectivity index (χ3v) is 2.46. The second-order valence-corrected chi connectivity index (χ2v) is 4.14. The summed E-state index contributed by atoms with van der Waals surface area (Å²) < 4.78 is 26.1.